The maximum atomic E-state index is 12.4. The highest BCUT2D eigenvalue weighted by atomic mass is 32.2. The van der Waals surface area contributed by atoms with Gasteiger partial charge in [0.1, 0.15) is 30.0 Å². The third kappa shape index (κ3) is 8.95. The van der Waals surface area contributed by atoms with Gasteiger partial charge in [0.05, 0.1) is 9.79 Å². The summed E-state index contributed by atoms with van der Waals surface area (Å²) >= 11 is 0. The number of para-hydroxylation sites is 1. The van der Waals surface area contributed by atoms with E-state index in [-0.39, 0.29) is 53.0 Å². The van der Waals surface area contributed by atoms with Crippen LogP contribution in [0.25, 0.3) is 12.2 Å². The fourth-order valence-corrected chi connectivity index (χ4v) is 7.55. The Labute approximate surface area is 312 Å². The summed E-state index contributed by atoms with van der Waals surface area (Å²) in [6, 6.07) is 16.4. The number of phenolic OH excluding ortho intramolecular Hbond substituents is 4. The van der Waals surface area contributed by atoms with Gasteiger partial charge in [-0.1, -0.05) is 18.2 Å². The second-order valence-corrected chi connectivity index (χ2v) is 15.9. The molecular formula is C37H34NO13S3+. The Balaban J connectivity index is 0.00000133. The molecule has 5 aromatic rings. The number of benzene rings is 4. The Hall–Kier alpha value is -5.59. The molecule has 1 aliphatic carbocycles. The van der Waals surface area contributed by atoms with Crippen molar-refractivity contribution in [2.75, 3.05) is 0 Å². The van der Waals surface area contributed by atoms with E-state index in [9.17, 15) is 46.4 Å². The van der Waals surface area contributed by atoms with Gasteiger partial charge in [-0.05, 0) is 83.3 Å². The highest BCUT2D eigenvalue weighted by Crippen LogP contribution is 2.39. The van der Waals surface area contributed by atoms with Gasteiger partial charge in [0.2, 0.25) is 5.69 Å². The number of rotatable bonds is 4. The highest BCUT2D eigenvalue weighted by molar-refractivity contribution is 7.86. The average Bonchev–Trinajstić information content (AvgIpc) is 3.06. The van der Waals surface area contributed by atoms with Crippen LogP contribution in [-0.2, 0) is 63.6 Å². The molecule has 0 saturated carbocycles. The minimum atomic E-state index is -4.83. The Morgan fingerprint density at radius 2 is 0.926 bits per heavy atom. The maximum Gasteiger partial charge on any atom is 0.425 e. The number of fused-ring (bicyclic) bond motifs is 8. The summed E-state index contributed by atoms with van der Waals surface area (Å²) in [6.07, 6.45) is 4.88. The summed E-state index contributed by atoms with van der Waals surface area (Å²) in [5.74, 6) is -1.13. The van der Waals surface area contributed by atoms with Crippen LogP contribution in [0.3, 0.4) is 0 Å². The van der Waals surface area contributed by atoms with E-state index in [1.165, 1.54) is 0 Å². The number of aromatic nitrogens is 1. The summed E-state index contributed by atoms with van der Waals surface area (Å²) in [5.41, 5.74) is 3.87. The van der Waals surface area contributed by atoms with Crippen LogP contribution in [0.5, 0.6) is 23.0 Å². The molecule has 0 spiro atoms. The first kappa shape index (κ1) is 39.6. The van der Waals surface area contributed by atoms with Crippen LogP contribution in [-0.4, -0.2) is 59.0 Å². The van der Waals surface area contributed by atoms with Crippen LogP contribution < -0.4 is 4.57 Å². The molecule has 1 aromatic heterocycles. The molecule has 0 atom stereocenters. The van der Waals surface area contributed by atoms with E-state index in [0.717, 1.165) is 35.5 Å². The lowest BCUT2D eigenvalue weighted by atomic mass is 9.90. The van der Waals surface area contributed by atoms with E-state index in [4.69, 9.17) is 12.6 Å². The first-order valence-electron chi connectivity index (χ1n) is 15.9. The van der Waals surface area contributed by atoms with Crippen LogP contribution in [0, 0.1) is 6.92 Å². The molecule has 0 amide bonds. The van der Waals surface area contributed by atoms with Gasteiger partial charge in [0.15, 0.2) is 6.20 Å². The second-order valence-electron chi connectivity index (χ2n) is 12.7. The number of nitrogens with zero attached hydrogens (tertiary/aromatic N) is 1. The van der Waals surface area contributed by atoms with Crippen molar-refractivity contribution >= 4 is 43.0 Å². The van der Waals surface area contributed by atoms with Crippen molar-refractivity contribution in [3.8, 4) is 23.0 Å². The molecule has 6 rings (SSSR count). The van der Waals surface area contributed by atoms with E-state index in [1.807, 2.05) is 49.0 Å². The van der Waals surface area contributed by atoms with E-state index in [2.05, 4.69) is 0 Å². The Bertz CT molecular complexity index is 2660. The lowest BCUT2D eigenvalue weighted by Gasteiger charge is -2.18. The van der Waals surface area contributed by atoms with Crippen LogP contribution in [0.2, 0.25) is 0 Å². The van der Waals surface area contributed by atoms with Gasteiger partial charge in [0, 0.05) is 65.6 Å². The molecule has 54 heavy (non-hydrogen) atoms. The van der Waals surface area contributed by atoms with Gasteiger partial charge in [-0.25, -0.2) is 4.57 Å². The first-order valence-corrected chi connectivity index (χ1v) is 19.8. The van der Waals surface area contributed by atoms with Crippen LogP contribution in [0.1, 0.15) is 61.3 Å². The molecule has 6 N–H and O–H groups in total. The van der Waals surface area contributed by atoms with Gasteiger partial charge in [-0.15, -0.1) is 12.6 Å². The quantitative estimate of drug-likeness (QED) is 0.109. The molecule has 0 unspecified atom stereocenters. The van der Waals surface area contributed by atoms with E-state index >= 15 is 0 Å². The molecule has 8 bridgehead atoms. The molecule has 0 saturated heterocycles. The van der Waals surface area contributed by atoms with Crippen molar-refractivity contribution in [1.82, 2.24) is 0 Å². The molecule has 0 radical (unpaired) electrons. The summed E-state index contributed by atoms with van der Waals surface area (Å²) in [4.78, 5) is -1.14. The van der Waals surface area contributed by atoms with Crippen LogP contribution in [0.15, 0.2) is 82.7 Å². The van der Waals surface area contributed by atoms with Gasteiger partial charge in [-0.2, -0.15) is 16.8 Å². The lowest BCUT2D eigenvalue weighted by molar-refractivity contribution is -0.673. The Kier molecular flexibility index (Phi) is 11.3. The number of aryl methyl sites for hydroxylation is 2. The van der Waals surface area contributed by atoms with Crippen molar-refractivity contribution in [2.24, 2.45) is 7.05 Å². The molecular weight excluding hydrogens is 763 g/mol. The molecule has 1 heterocycles. The molecule has 0 fully saturated rings. The van der Waals surface area contributed by atoms with Gasteiger partial charge in [-0.3, -0.25) is 9.11 Å². The highest BCUT2D eigenvalue weighted by Gasteiger charge is 2.24. The Morgan fingerprint density at radius 3 is 1.30 bits per heavy atom. The number of hydrogen-bond donors (Lipinski definition) is 6. The zero-order valence-corrected chi connectivity index (χ0v) is 31.1. The van der Waals surface area contributed by atoms with Crippen LogP contribution >= 0.6 is 0 Å². The summed E-state index contributed by atoms with van der Waals surface area (Å²) in [5, 5.41) is 45.8. The largest absolute Gasteiger partial charge is 0.507 e. The number of phenols is 4. The standard InChI is InChI=1S/C37H33NO10S2.O3S/c1-21-5-4-10-38(2)33(21)9-8-22-11-25-13-23-6-3-7-24(34(23)39)14-27-17-31(49(43,44)45)19-29(36(27)41)16-30-20-32(50(46,47)48)18-28(37(30)42)15-26(12-22)35(25)40;1-4(2)3/h3-12,17-20H,13-16H2,1-2H3,(H5,39,41,42,43,44,45,46,47,48);/p+1. The van der Waals surface area contributed by atoms with Crippen molar-refractivity contribution < 1.29 is 63.6 Å². The first-order chi connectivity index (χ1) is 25.2. The second kappa shape index (κ2) is 15.4. The molecule has 14 nitrogen and oxygen atoms in total. The average molecular weight is 797 g/mol. The topological polar surface area (TPSA) is 245 Å². The minimum absolute atomic E-state index is 0.00500. The van der Waals surface area contributed by atoms with Crippen molar-refractivity contribution in [3.63, 3.8) is 0 Å². The van der Waals surface area contributed by atoms with Crippen molar-refractivity contribution in [1.29, 1.82) is 0 Å². The lowest BCUT2D eigenvalue weighted by Crippen LogP contribution is -2.31. The van der Waals surface area contributed by atoms with E-state index in [1.54, 1.807) is 30.3 Å². The molecule has 0 aliphatic heterocycles. The van der Waals surface area contributed by atoms with E-state index < -0.39 is 58.6 Å². The summed E-state index contributed by atoms with van der Waals surface area (Å²) in [6.45, 7) is 1.97. The van der Waals surface area contributed by atoms with Crippen LogP contribution in [0.4, 0.5) is 0 Å². The van der Waals surface area contributed by atoms with Gasteiger partial charge >= 0.3 is 10.6 Å². The molecule has 282 valence electrons. The normalized spacial score (nSPS) is 12.9. The smallest absolute Gasteiger partial charge is 0.425 e. The molecule has 4 aromatic carbocycles. The summed E-state index contributed by atoms with van der Waals surface area (Å²) in [7, 11) is -10.8. The number of pyridine rings is 1. The van der Waals surface area contributed by atoms with Crippen molar-refractivity contribution in [3.05, 3.63) is 134 Å². The predicted molar refractivity (Wildman–Crippen MR) is 194 cm³/mol. The maximum absolute atomic E-state index is 12.4. The number of hydrogen-bond acceptors (Lipinski definition) is 11. The Morgan fingerprint density at radius 1 is 0.574 bits per heavy atom. The monoisotopic (exact) mass is 796 g/mol. The van der Waals surface area contributed by atoms with E-state index in [0.29, 0.717) is 27.8 Å². The zero-order chi connectivity index (χ0) is 39.7. The van der Waals surface area contributed by atoms with Gasteiger partial charge < -0.3 is 20.4 Å². The summed E-state index contributed by atoms with van der Waals surface area (Å²) < 4.78 is 96.6. The predicted octanol–water partition coefficient (Wildman–Crippen LogP) is 3.98. The third-order valence-electron chi connectivity index (χ3n) is 8.97. The molecule has 1 aliphatic rings. The molecule has 17 heteroatoms. The van der Waals surface area contributed by atoms with Crippen molar-refractivity contribution in [2.45, 2.75) is 42.4 Å². The SMILES string of the molecule is Cc1ccc[n+](C)c1/C=C/c1cc2c(O)c(c1)Cc1cc(S(=O)(=O)O)cc(c1O)Cc1cc(S(=O)(=O)O)cc(c1O)Cc1cccc(c1O)C2.O=S(=O)=O. The van der Waals surface area contributed by atoms with Gasteiger partial charge in [0.25, 0.3) is 20.2 Å². The zero-order valence-electron chi connectivity index (χ0n) is 28.6. The third-order valence-corrected chi connectivity index (χ3v) is 10.6. The fraction of sp³-hybridized carbons (Fsp3) is 0.162. The number of aromatic hydroxyl groups is 4. The minimum Gasteiger partial charge on any atom is -0.507 e. The fourth-order valence-electron chi connectivity index (χ4n) is 6.38.